The Labute approximate surface area is 107 Å². The Morgan fingerprint density at radius 1 is 1.16 bits per heavy atom. The van der Waals surface area contributed by atoms with E-state index in [1.165, 1.54) is 23.0 Å². The maximum absolute atomic E-state index is 14.0. The molecule has 0 aliphatic heterocycles. The zero-order chi connectivity index (χ0) is 13.4. The van der Waals surface area contributed by atoms with Crippen molar-refractivity contribution in [2.75, 3.05) is 0 Å². The summed E-state index contributed by atoms with van der Waals surface area (Å²) in [6.45, 7) is 0. The highest BCUT2D eigenvalue weighted by Gasteiger charge is 2.11. The number of rotatable bonds is 2. The Kier molecular flexibility index (Phi) is 2.52. The molecule has 5 heteroatoms. The van der Waals surface area contributed by atoms with Crippen LogP contribution in [0.1, 0.15) is 10.5 Å². The van der Waals surface area contributed by atoms with E-state index in [9.17, 15) is 9.18 Å². The Balaban J connectivity index is 2.18. The summed E-state index contributed by atoms with van der Waals surface area (Å²) in [5.74, 6) is -1.58. The van der Waals surface area contributed by atoms with Gasteiger partial charge in [-0.1, -0.05) is 24.3 Å². The second kappa shape index (κ2) is 4.20. The maximum atomic E-state index is 14.0. The van der Waals surface area contributed by atoms with Gasteiger partial charge < -0.3 is 5.11 Å². The number of halogens is 1. The minimum atomic E-state index is -1.14. The van der Waals surface area contributed by atoms with Gasteiger partial charge in [-0.25, -0.2) is 13.9 Å². The summed E-state index contributed by atoms with van der Waals surface area (Å²) in [7, 11) is 0. The summed E-state index contributed by atoms with van der Waals surface area (Å²) in [6, 6.07) is 11.7. The average molecular weight is 256 g/mol. The number of carbonyl (C=O) groups is 1. The van der Waals surface area contributed by atoms with Crippen LogP contribution < -0.4 is 0 Å². The molecular weight excluding hydrogens is 247 g/mol. The van der Waals surface area contributed by atoms with E-state index in [2.05, 4.69) is 5.10 Å². The van der Waals surface area contributed by atoms with Crippen molar-refractivity contribution in [1.82, 2.24) is 9.78 Å². The fourth-order valence-electron chi connectivity index (χ4n) is 1.95. The molecular formula is C14H9FN2O2. The molecule has 0 radical (unpaired) electrons. The number of aromatic carboxylic acids is 1. The molecule has 0 fully saturated rings. The number of benzene rings is 2. The molecule has 0 spiro atoms. The minimum Gasteiger partial charge on any atom is -0.476 e. The van der Waals surface area contributed by atoms with Crippen LogP contribution in [0.2, 0.25) is 0 Å². The third kappa shape index (κ3) is 1.95. The van der Waals surface area contributed by atoms with Crippen LogP contribution in [0.15, 0.2) is 48.7 Å². The SMILES string of the molecule is O=C(O)c1ccn(-c2cc3ccccc3cc2F)n1. The van der Waals surface area contributed by atoms with Gasteiger partial charge in [-0.3, -0.25) is 0 Å². The molecule has 19 heavy (non-hydrogen) atoms. The molecule has 1 heterocycles. The molecule has 0 saturated carbocycles. The van der Waals surface area contributed by atoms with Crippen LogP contribution in [0.3, 0.4) is 0 Å². The summed E-state index contributed by atoms with van der Waals surface area (Å²) >= 11 is 0. The average Bonchev–Trinajstić information content (AvgIpc) is 2.87. The first kappa shape index (κ1) is 11.4. The zero-order valence-corrected chi connectivity index (χ0v) is 9.75. The first-order chi connectivity index (χ1) is 9.15. The van der Waals surface area contributed by atoms with Gasteiger partial charge in [0.15, 0.2) is 5.69 Å². The van der Waals surface area contributed by atoms with Gasteiger partial charge in [0.25, 0.3) is 0 Å². The highest BCUT2D eigenvalue weighted by atomic mass is 19.1. The van der Waals surface area contributed by atoms with Gasteiger partial charge in [0.1, 0.15) is 11.5 Å². The van der Waals surface area contributed by atoms with Gasteiger partial charge in [-0.05, 0) is 29.0 Å². The summed E-state index contributed by atoms with van der Waals surface area (Å²) in [4.78, 5) is 10.8. The molecule has 0 unspecified atom stereocenters. The Morgan fingerprint density at radius 3 is 2.47 bits per heavy atom. The molecule has 3 rings (SSSR count). The summed E-state index contributed by atoms with van der Waals surface area (Å²) < 4.78 is 15.2. The van der Waals surface area contributed by atoms with Gasteiger partial charge in [-0.15, -0.1) is 0 Å². The molecule has 0 amide bonds. The van der Waals surface area contributed by atoms with Gasteiger partial charge in [-0.2, -0.15) is 5.10 Å². The maximum Gasteiger partial charge on any atom is 0.356 e. The van der Waals surface area contributed by atoms with Crippen LogP contribution in [0.4, 0.5) is 4.39 Å². The van der Waals surface area contributed by atoms with E-state index in [0.29, 0.717) is 0 Å². The van der Waals surface area contributed by atoms with Crippen molar-refractivity contribution in [2.45, 2.75) is 0 Å². The topological polar surface area (TPSA) is 55.1 Å². The fourth-order valence-corrected chi connectivity index (χ4v) is 1.95. The number of nitrogens with zero attached hydrogens (tertiary/aromatic N) is 2. The Morgan fingerprint density at radius 2 is 1.84 bits per heavy atom. The van der Waals surface area contributed by atoms with Gasteiger partial charge in [0, 0.05) is 6.20 Å². The number of carboxylic acids is 1. The van der Waals surface area contributed by atoms with Crippen molar-refractivity contribution in [3.05, 3.63) is 60.2 Å². The normalized spacial score (nSPS) is 10.8. The molecule has 0 bridgehead atoms. The molecule has 3 aromatic rings. The van der Waals surface area contributed by atoms with E-state index < -0.39 is 11.8 Å². The molecule has 0 aliphatic carbocycles. The molecule has 4 nitrogen and oxygen atoms in total. The lowest BCUT2D eigenvalue weighted by atomic mass is 10.1. The predicted molar refractivity (Wildman–Crippen MR) is 68.0 cm³/mol. The first-order valence-electron chi connectivity index (χ1n) is 5.63. The van der Waals surface area contributed by atoms with Crippen LogP contribution in [-0.2, 0) is 0 Å². The molecule has 1 aromatic heterocycles. The minimum absolute atomic E-state index is 0.118. The largest absolute Gasteiger partial charge is 0.476 e. The lowest BCUT2D eigenvalue weighted by Gasteiger charge is -2.05. The summed E-state index contributed by atoms with van der Waals surface area (Å²) in [6.07, 6.45) is 1.43. The smallest absolute Gasteiger partial charge is 0.356 e. The highest BCUT2D eigenvalue weighted by Crippen LogP contribution is 2.21. The van der Waals surface area contributed by atoms with Crippen LogP contribution >= 0.6 is 0 Å². The zero-order valence-electron chi connectivity index (χ0n) is 9.75. The lowest BCUT2D eigenvalue weighted by molar-refractivity contribution is 0.0690. The van der Waals surface area contributed by atoms with E-state index in [0.717, 1.165) is 10.8 Å². The van der Waals surface area contributed by atoms with Gasteiger partial charge >= 0.3 is 5.97 Å². The number of hydrogen-bond acceptors (Lipinski definition) is 2. The Bertz CT molecular complexity index is 780. The van der Waals surface area contributed by atoms with Crippen LogP contribution in [-0.4, -0.2) is 20.9 Å². The van der Waals surface area contributed by atoms with Crippen molar-refractivity contribution >= 4 is 16.7 Å². The number of carboxylic acid groups (broad SMARTS) is 1. The van der Waals surface area contributed by atoms with E-state index in [4.69, 9.17) is 5.11 Å². The molecule has 94 valence electrons. The molecule has 0 atom stereocenters. The van der Waals surface area contributed by atoms with Gasteiger partial charge in [0.05, 0.1) is 0 Å². The highest BCUT2D eigenvalue weighted by molar-refractivity contribution is 5.86. The molecule has 2 aromatic carbocycles. The second-order valence-electron chi connectivity index (χ2n) is 4.10. The third-order valence-corrected chi connectivity index (χ3v) is 2.87. The predicted octanol–water partition coefficient (Wildman–Crippen LogP) is 2.86. The number of fused-ring (bicyclic) bond motifs is 1. The van der Waals surface area contributed by atoms with E-state index >= 15 is 0 Å². The summed E-state index contributed by atoms with van der Waals surface area (Å²) in [5.41, 5.74) is 0.110. The third-order valence-electron chi connectivity index (χ3n) is 2.87. The quantitative estimate of drug-likeness (QED) is 0.767. The molecule has 0 saturated heterocycles. The van der Waals surface area contributed by atoms with Crippen molar-refractivity contribution < 1.29 is 14.3 Å². The van der Waals surface area contributed by atoms with Crippen LogP contribution in [0.25, 0.3) is 16.5 Å². The van der Waals surface area contributed by atoms with Crippen LogP contribution in [0.5, 0.6) is 0 Å². The van der Waals surface area contributed by atoms with E-state index in [-0.39, 0.29) is 11.4 Å². The van der Waals surface area contributed by atoms with Crippen molar-refractivity contribution in [3.8, 4) is 5.69 Å². The van der Waals surface area contributed by atoms with Gasteiger partial charge in [0.2, 0.25) is 0 Å². The molecule has 1 N–H and O–H groups in total. The Hall–Kier alpha value is -2.69. The van der Waals surface area contributed by atoms with Crippen molar-refractivity contribution in [2.24, 2.45) is 0 Å². The van der Waals surface area contributed by atoms with Crippen LogP contribution in [0, 0.1) is 5.82 Å². The number of hydrogen-bond donors (Lipinski definition) is 1. The van der Waals surface area contributed by atoms with Crippen molar-refractivity contribution in [3.63, 3.8) is 0 Å². The standard InChI is InChI=1S/C14H9FN2O2/c15-11-7-9-3-1-2-4-10(9)8-13(11)17-6-5-12(16-17)14(18)19/h1-8H,(H,18,19). The van der Waals surface area contributed by atoms with Crippen molar-refractivity contribution in [1.29, 1.82) is 0 Å². The number of aromatic nitrogens is 2. The monoisotopic (exact) mass is 256 g/mol. The van der Waals surface area contributed by atoms with E-state index in [1.54, 1.807) is 6.07 Å². The van der Waals surface area contributed by atoms with E-state index in [1.807, 2.05) is 24.3 Å². The second-order valence-corrected chi connectivity index (χ2v) is 4.10. The fraction of sp³-hybridized carbons (Fsp3) is 0. The first-order valence-corrected chi connectivity index (χ1v) is 5.63. The summed E-state index contributed by atoms with van der Waals surface area (Å²) in [5, 5.41) is 14.3. The molecule has 0 aliphatic rings. The lowest BCUT2D eigenvalue weighted by Crippen LogP contribution is -2.02.